The number of urea groups is 1. The number of imide groups is 3. The molecule has 2 aromatic carbocycles. The fourth-order valence-electron chi connectivity index (χ4n) is 4.10. The maximum Gasteiger partial charge on any atom is 0.424 e. The van der Waals surface area contributed by atoms with Crippen LogP contribution < -0.4 is 9.64 Å². The molecule has 0 saturated carbocycles. The molecule has 2 aromatic rings. The maximum atomic E-state index is 13.2. The van der Waals surface area contributed by atoms with Crippen LogP contribution in [0.1, 0.15) is 39.2 Å². The van der Waals surface area contributed by atoms with Gasteiger partial charge in [0.2, 0.25) is 5.91 Å². The first-order valence-corrected chi connectivity index (χ1v) is 11.6. The number of carbonyl (C=O) groups excluding carboxylic acids is 4. The van der Waals surface area contributed by atoms with E-state index in [2.05, 4.69) is 0 Å². The van der Waals surface area contributed by atoms with E-state index in [0.717, 1.165) is 5.56 Å². The van der Waals surface area contributed by atoms with Crippen LogP contribution in [0.15, 0.2) is 54.6 Å². The second kappa shape index (κ2) is 9.77. The summed E-state index contributed by atoms with van der Waals surface area (Å²) in [4.78, 5) is 54.5. The van der Waals surface area contributed by atoms with Crippen LogP contribution in [0.25, 0.3) is 0 Å². The lowest BCUT2D eigenvalue weighted by atomic mass is 10.0. The van der Waals surface area contributed by atoms with Gasteiger partial charge >= 0.3 is 12.1 Å². The quantitative estimate of drug-likeness (QED) is 0.603. The average Bonchev–Trinajstić information content (AvgIpc) is 3.18. The average molecular weight is 480 g/mol. The number of ether oxygens (including phenoxy) is 2. The number of rotatable bonds is 5. The summed E-state index contributed by atoms with van der Waals surface area (Å²) in [5.41, 5.74) is 0.868. The van der Waals surface area contributed by atoms with E-state index < -0.39 is 29.6 Å². The summed E-state index contributed by atoms with van der Waals surface area (Å²) in [6.07, 6.45) is -0.859. The molecule has 2 heterocycles. The fourth-order valence-corrected chi connectivity index (χ4v) is 4.10. The van der Waals surface area contributed by atoms with Gasteiger partial charge in [0, 0.05) is 25.2 Å². The molecule has 4 rings (SSSR count). The molecule has 0 spiro atoms. The minimum atomic E-state index is -1.01. The number of nitrogens with zero attached hydrogens (tertiary/aromatic N) is 3. The molecule has 9 heteroatoms. The first-order chi connectivity index (χ1) is 16.6. The smallest absolute Gasteiger partial charge is 0.424 e. The van der Waals surface area contributed by atoms with Crippen LogP contribution in [0.2, 0.25) is 0 Å². The van der Waals surface area contributed by atoms with E-state index in [-0.39, 0.29) is 18.9 Å². The summed E-state index contributed by atoms with van der Waals surface area (Å²) >= 11 is 0. The molecule has 184 valence electrons. The first kappa shape index (κ1) is 24.3. The molecule has 0 aliphatic carbocycles. The molecule has 1 unspecified atom stereocenters. The standard InChI is InChI=1S/C26H29N3O6/c1-26(2,3)35-25(33)29-22(30)14-13-21(23(29)31)28-16-15-27(24(28)32)19-9-11-20(12-10-19)34-17-18-7-5-4-6-8-18/h4-12,21H,13-17H2,1-3H3. The maximum absolute atomic E-state index is 13.2. The third-order valence-corrected chi connectivity index (χ3v) is 5.78. The van der Waals surface area contributed by atoms with Gasteiger partial charge in [-0.25, -0.2) is 9.59 Å². The molecule has 2 aliphatic rings. The monoisotopic (exact) mass is 479 g/mol. The van der Waals surface area contributed by atoms with Crippen molar-refractivity contribution >= 4 is 29.6 Å². The highest BCUT2D eigenvalue weighted by Crippen LogP contribution is 2.28. The topological polar surface area (TPSA) is 96.5 Å². The van der Waals surface area contributed by atoms with Crippen LogP contribution in [0, 0.1) is 0 Å². The van der Waals surface area contributed by atoms with Crippen molar-refractivity contribution in [3.8, 4) is 5.75 Å². The number of likely N-dealkylation sites (tertiary alicyclic amines) is 1. The van der Waals surface area contributed by atoms with E-state index in [9.17, 15) is 19.2 Å². The van der Waals surface area contributed by atoms with Crippen molar-refractivity contribution in [1.82, 2.24) is 9.80 Å². The summed E-state index contributed by atoms with van der Waals surface area (Å²) in [5.74, 6) is -0.666. The van der Waals surface area contributed by atoms with E-state index in [1.807, 2.05) is 30.3 Å². The Morgan fingerprint density at radius 1 is 0.971 bits per heavy atom. The molecule has 1 atom stereocenters. The fraction of sp³-hybridized carbons (Fsp3) is 0.385. The van der Waals surface area contributed by atoms with Gasteiger partial charge in [-0.15, -0.1) is 0 Å². The summed E-state index contributed by atoms with van der Waals surface area (Å²) < 4.78 is 11.0. The first-order valence-electron chi connectivity index (χ1n) is 11.6. The molecule has 0 radical (unpaired) electrons. The van der Waals surface area contributed by atoms with Crippen molar-refractivity contribution in [2.75, 3.05) is 18.0 Å². The van der Waals surface area contributed by atoms with Gasteiger partial charge in [-0.1, -0.05) is 30.3 Å². The summed E-state index contributed by atoms with van der Waals surface area (Å²) in [5, 5.41) is 0. The van der Waals surface area contributed by atoms with Crippen molar-refractivity contribution in [2.24, 2.45) is 0 Å². The number of piperidine rings is 1. The highest BCUT2D eigenvalue weighted by molar-refractivity contribution is 6.13. The number of anilines is 1. The predicted octanol–water partition coefficient (Wildman–Crippen LogP) is 3.96. The highest BCUT2D eigenvalue weighted by atomic mass is 16.6. The van der Waals surface area contributed by atoms with E-state index >= 15 is 0 Å². The SMILES string of the molecule is CC(C)(C)OC(=O)N1C(=O)CCC(N2CCN(c3ccc(OCc4ccccc4)cc3)C2=O)C1=O. The van der Waals surface area contributed by atoms with E-state index in [4.69, 9.17) is 9.47 Å². The molecular weight excluding hydrogens is 450 g/mol. The third kappa shape index (κ3) is 5.45. The van der Waals surface area contributed by atoms with E-state index in [1.54, 1.807) is 49.9 Å². The van der Waals surface area contributed by atoms with Crippen LogP contribution in [0.3, 0.4) is 0 Å². The van der Waals surface area contributed by atoms with Crippen LogP contribution >= 0.6 is 0 Å². The number of hydrogen-bond acceptors (Lipinski definition) is 6. The zero-order valence-electron chi connectivity index (χ0n) is 20.1. The van der Waals surface area contributed by atoms with Gasteiger partial charge in [-0.2, -0.15) is 4.90 Å². The van der Waals surface area contributed by atoms with Crippen molar-refractivity contribution in [2.45, 2.75) is 51.9 Å². The minimum absolute atomic E-state index is 0.0210. The zero-order chi connectivity index (χ0) is 25.2. The van der Waals surface area contributed by atoms with Gasteiger partial charge in [-0.05, 0) is 57.0 Å². The van der Waals surface area contributed by atoms with Crippen molar-refractivity contribution in [3.63, 3.8) is 0 Å². The Labute approximate surface area is 204 Å². The second-order valence-electron chi connectivity index (χ2n) is 9.50. The van der Waals surface area contributed by atoms with Gasteiger partial charge < -0.3 is 14.4 Å². The third-order valence-electron chi connectivity index (χ3n) is 5.78. The Hall–Kier alpha value is -3.88. The Morgan fingerprint density at radius 3 is 2.31 bits per heavy atom. The molecule has 2 aliphatic heterocycles. The Kier molecular flexibility index (Phi) is 6.77. The van der Waals surface area contributed by atoms with Crippen LogP contribution in [0.4, 0.5) is 15.3 Å². The molecule has 0 aromatic heterocycles. The molecule has 35 heavy (non-hydrogen) atoms. The Morgan fingerprint density at radius 2 is 1.66 bits per heavy atom. The normalized spacial score (nSPS) is 18.8. The molecular formula is C26H29N3O6. The summed E-state index contributed by atoms with van der Waals surface area (Å²) in [7, 11) is 0. The lowest BCUT2D eigenvalue weighted by Gasteiger charge is -2.34. The minimum Gasteiger partial charge on any atom is -0.489 e. The van der Waals surface area contributed by atoms with E-state index in [1.165, 1.54) is 4.90 Å². The number of hydrogen-bond donors (Lipinski definition) is 0. The Balaban J connectivity index is 1.41. The van der Waals surface area contributed by atoms with Gasteiger partial charge in [0.15, 0.2) is 0 Å². The van der Waals surface area contributed by atoms with Crippen LogP contribution in [-0.2, 0) is 20.9 Å². The molecule has 0 N–H and O–H groups in total. The lowest BCUT2D eigenvalue weighted by Crippen LogP contribution is -2.57. The lowest BCUT2D eigenvalue weighted by molar-refractivity contribution is -0.150. The summed E-state index contributed by atoms with van der Waals surface area (Å²) in [6.45, 7) is 6.09. The number of carbonyl (C=O) groups is 4. The largest absolute Gasteiger partial charge is 0.489 e. The van der Waals surface area contributed by atoms with Crippen LogP contribution in [-0.4, -0.2) is 58.5 Å². The van der Waals surface area contributed by atoms with Gasteiger partial charge in [0.05, 0.1) is 0 Å². The molecule has 2 fully saturated rings. The van der Waals surface area contributed by atoms with Crippen molar-refractivity contribution < 1.29 is 28.7 Å². The summed E-state index contributed by atoms with van der Waals surface area (Å²) in [6, 6.07) is 15.7. The van der Waals surface area contributed by atoms with Gasteiger partial charge in [0.25, 0.3) is 5.91 Å². The molecule has 5 amide bonds. The molecule has 9 nitrogen and oxygen atoms in total. The highest BCUT2D eigenvalue weighted by Gasteiger charge is 2.46. The van der Waals surface area contributed by atoms with Gasteiger partial charge in [-0.3, -0.25) is 14.5 Å². The van der Waals surface area contributed by atoms with Crippen molar-refractivity contribution in [3.05, 3.63) is 60.2 Å². The van der Waals surface area contributed by atoms with E-state index in [0.29, 0.717) is 36.0 Å². The molecule has 2 saturated heterocycles. The predicted molar refractivity (Wildman–Crippen MR) is 128 cm³/mol. The van der Waals surface area contributed by atoms with Crippen molar-refractivity contribution in [1.29, 1.82) is 0 Å². The zero-order valence-corrected chi connectivity index (χ0v) is 20.1. The number of benzene rings is 2. The number of amides is 5. The second-order valence-corrected chi connectivity index (χ2v) is 9.50. The molecule has 0 bridgehead atoms. The van der Waals surface area contributed by atoms with Gasteiger partial charge in [0.1, 0.15) is 24.0 Å². The van der Waals surface area contributed by atoms with Crippen LogP contribution in [0.5, 0.6) is 5.75 Å². The Bertz CT molecular complexity index is 1110.